The Kier molecular flexibility index (Phi) is 5.19. The molecule has 1 fully saturated rings. The van der Waals surface area contributed by atoms with Crippen molar-refractivity contribution in [2.24, 2.45) is 0 Å². The fourth-order valence-corrected chi connectivity index (χ4v) is 3.33. The van der Waals surface area contributed by atoms with Gasteiger partial charge in [0.15, 0.2) is 0 Å². The van der Waals surface area contributed by atoms with Gasteiger partial charge in [0.05, 0.1) is 6.10 Å². The van der Waals surface area contributed by atoms with Gasteiger partial charge in [-0.1, -0.05) is 19.3 Å². The summed E-state index contributed by atoms with van der Waals surface area (Å²) < 4.78 is 5.68. The largest absolute Gasteiger partial charge is 0.368 e. The maximum absolute atomic E-state index is 11.9. The smallest absolute Gasteiger partial charge is 0.250 e. The van der Waals surface area contributed by atoms with Crippen molar-refractivity contribution < 1.29 is 9.53 Å². The van der Waals surface area contributed by atoms with Crippen LogP contribution in [0.15, 0.2) is 35.8 Å². The van der Waals surface area contributed by atoms with Crippen molar-refractivity contribution in [3.8, 4) is 10.6 Å². The van der Waals surface area contributed by atoms with Gasteiger partial charge in [0.2, 0.25) is 5.91 Å². The Bertz CT molecular complexity index is 590. The summed E-state index contributed by atoms with van der Waals surface area (Å²) in [5, 5.41) is 5.81. The quantitative estimate of drug-likeness (QED) is 0.903. The summed E-state index contributed by atoms with van der Waals surface area (Å²) in [7, 11) is 0. The van der Waals surface area contributed by atoms with Crippen LogP contribution in [0.25, 0.3) is 10.6 Å². The Morgan fingerprint density at radius 1 is 1.23 bits per heavy atom. The molecule has 0 saturated heterocycles. The Balaban J connectivity index is 1.48. The summed E-state index contributed by atoms with van der Waals surface area (Å²) in [5.41, 5.74) is 1.85. The number of nitrogens with zero attached hydrogens (tertiary/aromatic N) is 1. The second-order valence-electron chi connectivity index (χ2n) is 5.53. The Labute approximate surface area is 134 Å². The van der Waals surface area contributed by atoms with E-state index in [4.69, 9.17) is 4.74 Å². The number of thiazole rings is 1. The highest BCUT2D eigenvalue weighted by Crippen LogP contribution is 2.23. The lowest BCUT2D eigenvalue weighted by atomic mass is 9.98. The molecule has 5 heteroatoms. The van der Waals surface area contributed by atoms with Crippen molar-refractivity contribution in [2.45, 2.75) is 38.2 Å². The Morgan fingerprint density at radius 2 is 2.00 bits per heavy atom. The molecule has 1 saturated carbocycles. The molecule has 1 aromatic heterocycles. The first kappa shape index (κ1) is 15.2. The molecule has 0 radical (unpaired) electrons. The lowest BCUT2D eigenvalue weighted by Gasteiger charge is -2.21. The molecule has 1 heterocycles. The van der Waals surface area contributed by atoms with Crippen LogP contribution >= 0.6 is 11.3 Å². The fourth-order valence-electron chi connectivity index (χ4n) is 2.68. The standard InChI is InChI=1S/C17H20N2O2S/c20-16(12-21-15-4-2-1-3-5-15)19-14-8-6-13(7-9-14)17-18-10-11-22-17/h6-11,15H,1-5,12H2,(H,19,20). The van der Waals surface area contributed by atoms with Crippen LogP contribution in [0.2, 0.25) is 0 Å². The molecule has 0 spiro atoms. The number of aromatic nitrogens is 1. The monoisotopic (exact) mass is 316 g/mol. The number of ether oxygens (including phenoxy) is 1. The topological polar surface area (TPSA) is 51.2 Å². The third-order valence-corrected chi connectivity index (χ3v) is 4.67. The number of benzene rings is 1. The van der Waals surface area contributed by atoms with E-state index in [1.54, 1.807) is 17.5 Å². The SMILES string of the molecule is O=C(COC1CCCCC1)Nc1ccc(-c2nccs2)cc1. The third kappa shape index (κ3) is 4.15. The Morgan fingerprint density at radius 3 is 2.68 bits per heavy atom. The molecule has 0 atom stereocenters. The van der Waals surface area contributed by atoms with E-state index in [1.165, 1.54) is 19.3 Å². The van der Waals surface area contributed by atoms with Gasteiger partial charge in [0, 0.05) is 22.8 Å². The molecule has 1 aliphatic carbocycles. The summed E-state index contributed by atoms with van der Waals surface area (Å²) >= 11 is 1.60. The van der Waals surface area contributed by atoms with Crippen molar-refractivity contribution in [1.82, 2.24) is 4.98 Å². The third-order valence-electron chi connectivity index (χ3n) is 3.85. The van der Waals surface area contributed by atoms with E-state index in [0.717, 1.165) is 29.1 Å². The summed E-state index contributed by atoms with van der Waals surface area (Å²) in [5.74, 6) is -0.0902. The molecule has 0 unspecified atom stereocenters. The number of carbonyl (C=O) groups is 1. The van der Waals surface area contributed by atoms with Gasteiger partial charge in [0.25, 0.3) is 0 Å². The molecule has 4 nitrogen and oxygen atoms in total. The maximum Gasteiger partial charge on any atom is 0.250 e. The van der Waals surface area contributed by atoms with Gasteiger partial charge < -0.3 is 10.1 Å². The van der Waals surface area contributed by atoms with Crippen molar-refractivity contribution in [3.63, 3.8) is 0 Å². The number of amides is 1. The number of hydrogen-bond donors (Lipinski definition) is 1. The first-order valence-electron chi connectivity index (χ1n) is 7.72. The highest BCUT2D eigenvalue weighted by molar-refractivity contribution is 7.13. The zero-order valence-corrected chi connectivity index (χ0v) is 13.3. The normalized spacial score (nSPS) is 15.6. The van der Waals surface area contributed by atoms with Crippen LogP contribution in [-0.4, -0.2) is 23.6 Å². The van der Waals surface area contributed by atoms with E-state index in [-0.39, 0.29) is 18.6 Å². The Hall–Kier alpha value is -1.72. The molecule has 0 bridgehead atoms. The first-order chi connectivity index (χ1) is 10.8. The highest BCUT2D eigenvalue weighted by Gasteiger charge is 2.15. The van der Waals surface area contributed by atoms with Gasteiger partial charge in [-0.2, -0.15) is 0 Å². The molecule has 2 aromatic rings. The molecule has 1 aliphatic rings. The van der Waals surface area contributed by atoms with Crippen LogP contribution in [0.1, 0.15) is 32.1 Å². The molecule has 0 aliphatic heterocycles. The summed E-state index contributed by atoms with van der Waals surface area (Å²) in [4.78, 5) is 16.2. The van der Waals surface area contributed by atoms with E-state index >= 15 is 0 Å². The average molecular weight is 316 g/mol. The van der Waals surface area contributed by atoms with Crippen molar-refractivity contribution in [1.29, 1.82) is 0 Å². The van der Waals surface area contributed by atoms with Crippen LogP contribution in [0.3, 0.4) is 0 Å². The van der Waals surface area contributed by atoms with Gasteiger partial charge in [-0.3, -0.25) is 4.79 Å². The zero-order valence-electron chi connectivity index (χ0n) is 12.5. The van der Waals surface area contributed by atoms with E-state index in [0.29, 0.717) is 0 Å². The minimum Gasteiger partial charge on any atom is -0.368 e. The van der Waals surface area contributed by atoms with Gasteiger partial charge in [-0.15, -0.1) is 11.3 Å². The highest BCUT2D eigenvalue weighted by atomic mass is 32.1. The fraction of sp³-hybridized carbons (Fsp3) is 0.412. The van der Waals surface area contributed by atoms with Gasteiger partial charge in [0.1, 0.15) is 11.6 Å². The second kappa shape index (κ2) is 7.51. The lowest BCUT2D eigenvalue weighted by molar-refractivity contribution is -0.123. The van der Waals surface area contributed by atoms with Crippen molar-refractivity contribution in [3.05, 3.63) is 35.8 Å². The summed E-state index contributed by atoms with van der Waals surface area (Å²) in [6, 6.07) is 7.73. The predicted octanol–water partition coefficient (Wildman–Crippen LogP) is 4.10. The predicted molar refractivity (Wildman–Crippen MR) is 89.0 cm³/mol. The molecule has 1 N–H and O–H groups in total. The maximum atomic E-state index is 11.9. The van der Waals surface area contributed by atoms with E-state index in [1.807, 2.05) is 29.6 Å². The molecule has 3 rings (SSSR count). The first-order valence-corrected chi connectivity index (χ1v) is 8.60. The molecular weight excluding hydrogens is 296 g/mol. The minimum atomic E-state index is -0.0902. The average Bonchev–Trinajstić information content (AvgIpc) is 3.09. The number of anilines is 1. The second-order valence-corrected chi connectivity index (χ2v) is 6.43. The van der Waals surface area contributed by atoms with E-state index in [9.17, 15) is 4.79 Å². The molecular formula is C17H20N2O2S. The molecule has 116 valence electrons. The van der Waals surface area contributed by atoms with Crippen LogP contribution in [0.5, 0.6) is 0 Å². The van der Waals surface area contributed by atoms with Crippen LogP contribution in [-0.2, 0) is 9.53 Å². The van der Waals surface area contributed by atoms with Crippen LogP contribution in [0.4, 0.5) is 5.69 Å². The molecule has 22 heavy (non-hydrogen) atoms. The number of rotatable bonds is 5. The summed E-state index contributed by atoms with van der Waals surface area (Å²) in [6.45, 7) is 0.138. The van der Waals surface area contributed by atoms with Crippen molar-refractivity contribution in [2.75, 3.05) is 11.9 Å². The number of carbonyl (C=O) groups excluding carboxylic acids is 1. The molecule has 1 aromatic carbocycles. The van der Waals surface area contributed by atoms with Gasteiger partial charge in [-0.25, -0.2) is 4.98 Å². The number of hydrogen-bond acceptors (Lipinski definition) is 4. The molecule has 1 amide bonds. The lowest BCUT2D eigenvalue weighted by Crippen LogP contribution is -2.24. The summed E-state index contributed by atoms with van der Waals surface area (Å²) in [6.07, 6.45) is 7.92. The van der Waals surface area contributed by atoms with Crippen molar-refractivity contribution >= 4 is 22.9 Å². The minimum absolute atomic E-state index is 0.0902. The zero-order chi connectivity index (χ0) is 15.2. The number of nitrogens with one attached hydrogen (secondary N) is 1. The van der Waals surface area contributed by atoms with Crippen LogP contribution in [0, 0.1) is 0 Å². The van der Waals surface area contributed by atoms with Gasteiger partial charge >= 0.3 is 0 Å². The van der Waals surface area contributed by atoms with E-state index in [2.05, 4.69) is 10.3 Å². The van der Waals surface area contributed by atoms with Crippen LogP contribution < -0.4 is 5.32 Å². The van der Waals surface area contributed by atoms with Gasteiger partial charge in [-0.05, 0) is 37.1 Å². The van der Waals surface area contributed by atoms with E-state index < -0.39 is 0 Å².